The van der Waals surface area contributed by atoms with Crippen LogP contribution in [0.15, 0.2) is 24.5 Å². The van der Waals surface area contributed by atoms with Gasteiger partial charge in [0.05, 0.1) is 11.9 Å². The van der Waals surface area contributed by atoms with Crippen LogP contribution in [-0.4, -0.2) is 47.5 Å². The maximum Gasteiger partial charge on any atom is 0.318 e. The zero-order valence-corrected chi connectivity index (χ0v) is 13.6. The van der Waals surface area contributed by atoms with E-state index in [0.717, 1.165) is 38.0 Å². The number of amides is 3. The van der Waals surface area contributed by atoms with Gasteiger partial charge in [-0.3, -0.25) is 9.78 Å². The van der Waals surface area contributed by atoms with Crippen LogP contribution in [0.1, 0.15) is 32.6 Å². The summed E-state index contributed by atoms with van der Waals surface area (Å²) in [5.41, 5.74) is 0.795. The molecular formula is C17H24N4O2. The molecule has 124 valence electrons. The van der Waals surface area contributed by atoms with Crippen LogP contribution in [0.3, 0.4) is 0 Å². The molecule has 3 heterocycles. The number of hydrogen-bond donors (Lipinski definition) is 1. The van der Waals surface area contributed by atoms with Gasteiger partial charge in [0.1, 0.15) is 6.04 Å². The Hall–Kier alpha value is -2.11. The number of anilines is 1. The summed E-state index contributed by atoms with van der Waals surface area (Å²) in [6.07, 6.45) is 7.12. The van der Waals surface area contributed by atoms with E-state index in [-0.39, 0.29) is 11.9 Å². The van der Waals surface area contributed by atoms with Gasteiger partial charge in [-0.05, 0) is 37.3 Å². The van der Waals surface area contributed by atoms with E-state index in [1.165, 1.54) is 0 Å². The average molecular weight is 316 g/mol. The highest BCUT2D eigenvalue weighted by molar-refractivity contribution is 5.99. The van der Waals surface area contributed by atoms with Crippen LogP contribution in [0.2, 0.25) is 0 Å². The molecule has 3 amide bonds. The van der Waals surface area contributed by atoms with Gasteiger partial charge in [-0.15, -0.1) is 0 Å². The number of nitrogens with zero attached hydrogens (tertiary/aromatic N) is 3. The lowest BCUT2D eigenvalue weighted by Crippen LogP contribution is -2.55. The second-order valence-electron chi connectivity index (χ2n) is 6.35. The largest absolute Gasteiger partial charge is 0.326 e. The highest BCUT2D eigenvalue weighted by atomic mass is 16.2. The van der Waals surface area contributed by atoms with Gasteiger partial charge in [0, 0.05) is 25.8 Å². The first-order valence-electron chi connectivity index (χ1n) is 8.46. The van der Waals surface area contributed by atoms with Gasteiger partial charge in [0.2, 0.25) is 5.91 Å². The van der Waals surface area contributed by atoms with Gasteiger partial charge < -0.3 is 15.1 Å². The minimum Gasteiger partial charge on any atom is -0.326 e. The number of nitrogens with one attached hydrogen (secondary N) is 1. The monoisotopic (exact) mass is 316 g/mol. The molecular weight excluding hydrogens is 292 g/mol. The maximum atomic E-state index is 12.7. The SMILES string of the molecule is CC[C@H]1CCN(C(=O)N[C@H]2CCCN(c3cccnc3)C2=O)C1. The number of hydrogen-bond acceptors (Lipinski definition) is 3. The third-order valence-electron chi connectivity index (χ3n) is 4.84. The Labute approximate surface area is 136 Å². The van der Waals surface area contributed by atoms with Gasteiger partial charge >= 0.3 is 6.03 Å². The fourth-order valence-electron chi connectivity index (χ4n) is 3.37. The van der Waals surface area contributed by atoms with Crippen LogP contribution in [0, 0.1) is 5.92 Å². The van der Waals surface area contributed by atoms with Gasteiger partial charge in [0.25, 0.3) is 0 Å². The molecule has 2 aliphatic rings. The molecule has 2 saturated heterocycles. The summed E-state index contributed by atoms with van der Waals surface area (Å²) < 4.78 is 0. The fraction of sp³-hybridized carbons (Fsp3) is 0.588. The summed E-state index contributed by atoms with van der Waals surface area (Å²) in [5.74, 6) is 0.554. The summed E-state index contributed by atoms with van der Waals surface area (Å²) in [7, 11) is 0. The molecule has 6 nitrogen and oxygen atoms in total. The van der Waals surface area contributed by atoms with E-state index in [1.54, 1.807) is 17.3 Å². The number of pyridine rings is 1. The van der Waals surface area contributed by atoms with E-state index < -0.39 is 6.04 Å². The first-order chi connectivity index (χ1) is 11.2. The third kappa shape index (κ3) is 3.46. The molecule has 0 saturated carbocycles. The quantitative estimate of drug-likeness (QED) is 0.928. The summed E-state index contributed by atoms with van der Waals surface area (Å²) in [5, 5.41) is 2.93. The molecule has 0 bridgehead atoms. The Morgan fingerprint density at radius 1 is 1.39 bits per heavy atom. The van der Waals surface area contributed by atoms with E-state index in [2.05, 4.69) is 17.2 Å². The van der Waals surface area contributed by atoms with Crippen molar-refractivity contribution < 1.29 is 9.59 Å². The zero-order chi connectivity index (χ0) is 16.2. The van der Waals surface area contributed by atoms with Gasteiger partial charge in [-0.2, -0.15) is 0 Å². The molecule has 0 aliphatic carbocycles. The molecule has 3 rings (SSSR count). The van der Waals surface area contributed by atoms with E-state index in [9.17, 15) is 9.59 Å². The molecule has 1 aromatic heterocycles. The molecule has 0 radical (unpaired) electrons. The van der Waals surface area contributed by atoms with E-state index in [4.69, 9.17) is 0 Å². The van der Waals surface area contributed by atoms with Crippen molar-refractivity contribution in [1.29, 1.82) is 0 Å². The van der Waals surface area contributed by atoms with Crippen LogP contribution in [0.25, 0.3) is 0 Å². The van der Waals surface area contributed by atoms with Crippen molar-refractivity contribution >= 4 is 17.6 Å². The molecule has 2 fully saturated rings. The second kappa shape index (κ2) is 6.98. The molecule has 2 aliphatic heterocycles. The second-order valence-corrected chi connectivity index (χ2v) is 6.35. The Balaban J connectivity index is 1.62. The molecule has 2 atom stereocenters. The highest BCUT2D eigenvalue weighted by Crippen LogP contribution is 2.22. The summed E-state index contributed by atoms with van der Waals surface area (Å²) in [4.78, 5) is 32.7. The van der Waals surface area contributed by atoms with Crippen molar-refractivity contribution in [2.75, 3.05) is 24.5 Å². The molecule has 0 unspecified atom stereocenters. The van der Waals surface area contributed by atoms with E-state index in [1.807, 2.05) is 17.0 Å². The minimum atomic E-state index is -0.433. The van der Waals surface area contributed by atoms with E-state index >= 15 is 0 Å². The van der Waals surface area contributed by atoms with Gasteiger partial charge in [-0.25, -0.2) is 4.79 Å². The standard InChI is InChI=1S/C17H24N4O2/c1-2-13-7-10-20(12-13)17(23)19-15-6-4-9-21(16(15)22)14-5-3-8-18-11-14/h3,5,8,11,13,15H,2,4,6-7,9-10,12H2,1H3,(H,19,23)/t13-,15-/m0/s1. The summed E-state index contributed by atoms with van der Waals surface area (Å²) in [6, 6.07) is 3.16. The number of urea groups is 1. The smallest absolute Gasteiger partial charge is 0.318 e. The number of rotatable bonds is 3. The Bertz CT molecular complexity index is 563. The fourth-order valence-corrected chi connectivity index (χ4v) is 3.37. The number of carbonyl (C=O) groups excluding carboxylic acids is 2. The first-order valence-corrected chi connectivity index (χ1v) is 8.46. The molecule has 6 heteroatoms. The first kappa shape index (κ1) is 15.8. The summed E-state index contributed by atoms with van der Waals surface area (Å²) in [6.45, 7) is 4.42. The van der Waals surface area contributed by atoms with Crippen LogP contribution >= 0.6 is 0 Å². The maximum absolute atomic E-state index is 12.7. The molecule has 0 aromatic carbocycles. The lowest BCUT2D eigenvalue weighted by molar-refractivity contribution is -0.121. The van der Waals surface area contributed by atoms with Crippen LogP contribution in [-0.2, 0) is 4.79 Å². The molecule has 1 aromatic rings. The Morgan fingerprint density at radius 2 is 2.26 bits per heavy atom. The number of piperidine rings is 1. The molecule has 1 N–H and O–H groups in total. The van der Waals surface area contributed by atoms with Crippen molar-refractivity contribution in [3.63, 3.8) is 0 Å². The van der Waals surface area contributed by atoms with Crippen molar-refractivity contribution in [2.24, 2.45) is 5.92 Å². The van der Waals surface area contributed by atoms with Gasteiger partial charge in [-0.1, -0.05) is 13.3 Å². The van der Waals surface area contributed by atoms with Crippen molar-refractivity contribution in [1.82, 2.24) is 15.2 Å². The molecule has 0 spiro atoms. The van der Waals surface area contributed by atoms with Crippen molar-refractivity contribution in [3.05, 3.63) is 24.5 Å². The predicted molar refractivity (Wildman–Crippen MR) is 88.1 cm³/mol. The lowest BCUT2D eigenvalue weighted by atomic mass is 10.0. The topological polar surface area (TPSA) is 65.5 Å². The predicted octanol–water partition coefficient (Wildman–Crippen LogP) is 2.02. The van der Waals surface area contributed by atoms with Gasteiger partial charge in [0.15, 0.2) is 0 Å². The molecule has 23 heavy (non-hydrogen) atoms. The number of carbonyl (C=O) groups is 2. The lowest BCUT2D eigenvalue weighted by Gasteiger charge is -2.33. The zero-order valence-electron chi connectivity index (χ0n) is 13.6. The van der Waals surface area contributed by atoms with Crippen LogP contribution in [0.4, 0.5) is 10.5 Å². The van der Waals surface area contributed by atoms with Crippen LogP contribution in [0.5, 0.6) is 0 Å². The van der Waals surface area contributed by atoms with Crippen molar-refractivity contribution in [3.8, 4) is 0 Å². The van der Waals surface area contributed by atoms with Crippen LogP contribution < -0.4 is 10.2 Å². The number of likely N-dealkylation sites (tertiary alicyclic amines) is 1. The Morgan fingerprint density at radius 3 is 2.96 bits per heavy atom. The summed E-state index contributed by atoms with van der Waals surface area (Å²) >= 11 is 0. The third-order valence-corrected chi connectivity index (χ3v) is 4.84. The average Bonchev–Trinajstić information content (AvgIpc) is 3.07. The normalized spacial score (nSPS) is 24.8. The van der Waals surface area contributed by atoms with Crippen molar-refractivity contribution in [2.45, 2.75) is 38.6 Å². The minimum absolute atomic E-state index is 0.0381. The number of aromatic nitrogens is 1. The van der Waals surface area contributed by atoms with E-state index in [0.29, 0.717) is 18.9 Å². The highest BCUT2D eigenvalue weighted by Gasteiger charge is 2.33. The Kier molecular flexibility index (Phi) is 4.79.